The van der Waals surface area contributed by atoms with E-state index in [-0.39, 0.29) is 23.0 Å². The Morgan fingerprint density at radius 1 is 1.61 bits per heavy atom. The maximum atomic E-state index is 11.9. The molecular weight excluding hydrogens is 252 g/mol. The summed E-state index contributed by atoms with van der Waals surface area (Å²) in [6.07, 6.45) is 4.96. The molecular formula is C12H18N2O3S. The monoisotopic (exact) mass is 270 g/mol. The molecule has 2 heterocycles. The number of nitrogens with one attached hydrogen (secondary N) is 1. The molecule has 0 aromatic heterocycles. The minimum Gasteiger partial charge on any atom is -0.477 e. The van der Waals surface area contributed by atoms with Crippen LogP contribution in [-0.2, 0) is 9.59 Å². The smallest absolute Gasteiger partial charge is 0.352 e. The van der Waals surface area contributed by atoms with E-state index in [9.17, 15) is 9.59 Å². The highest BCUT2D eigenvalue weighted by molar-refractivity contribution is 8.00. The molecule has 5 nitrogen and oxygen atoms in total. The van der Waals surface area contributed by atoms with Crippen molar-refractivity contribution in [1.29, 1.82) is 0 Å². The fraction of sp³-hybridized carbons (Fsp3) is 0.667. The maximum absolute atomic E-state index is 11.9. The summed E-state index contributed by atoms with van der Waals surface area (Å²) in [5.41, 5.74) is 0.135. The summed E-state index contributed by atoms with van der Waals surface area (Å²) in [5, 5.41) is 12.2. The number of carbonyl (C=O) groups is 2. The van der Waals surface area contributed by atoms with Gasteiger partial charge in [0.05, 0.1) is 0 Å². The number of nitrogens with zero attached hydrogens (tertiary/aromatic N) is 1. The Hall–Kier alpha value is -1.01. The average Bonchev–Trinajstić information content (AvgIpc) is 2.37. The zero-order chi connectivity index (χ0) is 13.1. The van der Waals surface area contributed by atoms with Gasteiger partial charge < -0.3 is 10.4 Å². The first-order chi connectivity index (χ1) is 8.66. The van der Waals surface area contributed by atoms with Gasteiger partial charge in [-0.15, -0.1) is 11.8 Å². The maximum Gasteiger partial charge on any atom is 0.352 e. The fourth-order valence-electron chi connectivity index (χ4n) is 2.23. The van der Waals surface area contributed by atoms with Gasteiger partial charge in [-0.3, -0.25) is 9.69 Å². The SMILES string of the molecule is CCCCCNC1C(=O)N2C(C(=O)O)=CCS[C@H]12. The zero-order valence-electron chi connectivity index (χ0n) is 10.4. The van der Waals surface area contributed by atoms with Crippen molar-refractivity contribution in [2.24, 2.45) is 0 Å². The highest BCUT2D eigenvalue weighted by Crippen LogP contribution is 2.37. The number of hydrogen-bond acceptors (Lipinski definition) is 4. The third-order valence-electron chi connectivity index (χ3n) is 3.21. The van der Waals surface area contributed by atoms with Gasteiger partial charge in [-0.25, -0.2) is 4.79 Å². The molecule has 2 N–H and O–H groups in total. The number of unbranched alkanes of at least 4 members (excludes halogenated alkanes) is 2. The third-order valence-corrected chi connectivity index (χ3v) is 4.39. The lowest BCUT2D eigenvalue weighted by atomic mass is 10.0. The Kier molecular flexibility index (Phi) is 4.29. The van der Waals surface area contributed by atoms with Crippen LogP contribution in [0.4, 0.5) is 0 Å². The van der Waals surface area contributed by atoms with Crippen molar-refractivity contribution in [3.8, 4) is 0 Å². The molecule has 1 unspecified atom stereocenters. The molecule has 0 bridgehead atoms. The molecule has 0 spiro atoms. The molecule has 0 aromatic carbocycles. The van der Waals surface area contributed by atoms with Gasteiger partial charge in [0.25, 0.3) is 0 Å². The number of thioether (sulfide) groups is 1. The van der Waals surface area contributed by atoms with Crippen molar-refractivity contribution in [2.75, 3.05) is 12.3 Å². The Morgan fingerprint density at radius 3 is 3.06 bits per heavy atom. The van der Waals surface area contributed by atoms with E-state index >= 15 is 0 Å². The van der Waals surface area contributed by atoms with Crippen molar-refractivity contribution in [3.05, 3.63) is 11.8 Å². The van der Waals surface area contributed by atoms with Crippen LogP contribution in [0, 0.1) is 0 Å². The van der Waals surface area contributed by atoms with Crippen molar-refractivity contribution in [2.45, 2.75) is 37.6 Å². The number of amides is 1. The Balaban J connectivity index is 1.90. The number of carbonyl (C=O) groups excluding carboxylic acids is 1. The second-order valence-electron chi connectivity index (χ2n) is 4.47. The van der Waals surface area contributed by atoms with Crippen LogP contribution in [0.3, 0.4) is 0 Å². The van der Waals surface area contributed by atoms with Crippen LogP contribution in [0.2, 0.25) is 0 Å². The largest absolute Gasteiger partial charge is 0.477 e. The summed E-state index contributed by atoms with van der Waals surface area (Å²) in [4.78, 5) is 24.3. The minimum atomic E-state index is -1.02. The standard InChI is InChI=1S/C12H18N2O3S/c1-2-3-4-6-13-9-10(15)14-8(12(16)17)5-7-18-11(9)14/h5,9,11,13H,2-4,6-7H2,1H3,(H,16,17)/t9?,11-/m1/s1. The molecule has 2 aliphatic heterocycles. The van der Waals surface area contributed by atoms with Gasteiger partial charge in [-0.05, 0) is 19.0 Å². The van der Waals surface area contributed by atoms with Gasteiger partial charge in [0.1, 0.15) is 17.1 Å². The van der Waals surface area contributed by atoms with Gasteiger partial charge in [0, 0.05) is 5.75 Å². The highest BCUT2D eigenvalue weighted by Gasteiger charge is 2.51. The van der Waals surface area contributed by atoms with E-state index in [4.69, 9.17) is 5.11 Å². The number of hydrogen-bond donors (Lipinski definition) is 2. The first-order valence-electron chi connectivity index (χ1n) is 6.28. The van der Waals surface area contributed by atoms with Crippen LogP contribution < -0.4 is 5.32 Å². The fourth-order valence-corrected chi connectivity index (χ4v) is 3.45. The molecule has 0 radical (unpaired) electrons. The highest BCUT2D eigenvalue weighted by atomic mass is 32.2. The zero-order valence-corrected chi connectivity index (χ0v) is 11.2. The third kappa shape index (κ3) is 2.40. The van der Waals surface area contributed by atoms with Gasteiger partial charge in [0.15, 0.2) is 0 Å². The van der Waals surface area contributed by atoms with Gasteiger partial charge >= 0.3 is 5.97 Å². The second-order valence-corrected chi connectivity index (χ2v) is 5.62. The summed E-state index contributed by atoms with van der Waals surface area (Å²) >= 11 is 1.61. The molecule has 2 atom stereocenters. The lowest BCUT2D eigenvalue weighted by Gasteiger charge is -2.48. The predicted octanol–water partition coefficient (Wildman–Crippen LogP) is 1.02. The first-order valence-corrected chi connectivity index (χ1v) is 7.33. The van der Waals surface area contributed by atoms with Crippen LogP contribution in [-0.4, -0.2) is 45.6 Å². The predicted molar refractivity (Wildman–Crippen MR) is 70.1 cm³/mol. The summed E-state index contributed by atoms with van der Waals surface area (Å²) in [7, 11) is 0. The summed E-state index contributed by atoms with van der Waals surface area (Å²) in [5.74, 6) is -0.473. The molecule has 18 heavy (non-hydrogen) atoms. The number of fused-ring (bicyclic) bond motifs is 1. The molecule has 1 saturated heterocycles. The molecule has 2 aliphatic rings. The van der Waals surface area contributed by atoms with E-state index in [0.717, 1.165) is 25.8 Å². The van der Waals surface area contributed by atoms with E-state index in [1.165, 1.54) is 4.90 Å². The summed E-state index contributed by atoms with van der Waals surface area (Å²) in [6.45, 7) is 2.96. The van der Waals surface area contributed by atoms with E-state index in [0.29, 0.717) is 5.75 Å². The average molecular weight is 270 g/mol. The van der Waals surface area contributed by atoms with E-state index in [1.54, 1.807) is 17.8 Å². The summed E-state index contributed by atoms with van der Waals surface area (Å²) in [6, 6.07) is -0.213. The van der Waals surface area contributed by atoms with Gasteiger partial charge in [-0.1, -0.05) is 19.8 Å². The molecule has 1 amide bonds. The second kappa shape index (κ2) is 5.75. The number of carboxylic acid groups (broad SMARTS) is 1. The number of β-lactam (4-membered cyclic amide) rings is 1. The molecule has 0 aromatic rings. The van der Waals surface area contributed by atoms with Crippen LogP contribution in [0.25, 0.3) is 0 Å². The molecule has 6 heteroatoms. The van der Waals surface area contributed by atoms with Crippen LogP contribution in [0.1, 0.15) is 26.2 Å². The number of carboxylic acids is 1. The normalized spacial score (nSPS) is 26.4. The van der Waals surface area contributed by atoms with Gasteiger partial charge in [-0.2, -0.15) is 0 Å². The Labute approximate surface area is 111 Å². The summed E-state index contributed by atoms with van der Waals surface area (Å²) < 4.78 is 0. The van der Waals surface area contributed by atoms with Gasteiger partial charge in [0.2, 0.25) is 5.91 Å². The molecule has 100 valence electrons. The molecule has 0 saturated carbocycles. The van der Waals surface area contributed by atoms with Crippen molar-refractivity contribution in [1.82, 2.24) is 10.2 Å². The van der Waals surface area contributed by atoms with Crippen LogP contribution >= 0.6 is 11.8 Å². The lowest BCUT2D eigenvalue weighted by molar-refractivity contribution is -0.149. The molecule has 1 fully saturated rings. The van der Waals surface area contributed by atoms with Crippen molar-refractivity contribution >= 4 is 23.6 Å². The van der Waals surface area contributed by atoms with E-state index < -0.39 is 5.97 Å². The number of aliphatic carboxylic acids is 1. The Morgan fingerprint density at radius 2 is 2.39 bits per heavy atom. The first kappa shape index (κ1) is 13.4. The molecule has 0 aliphatic carbocycles. The van der Waals surface area contributed by atoms with Crippen molar-refractivity contribution in [3.63, 3.8) is 0 Å². The quantitative estimate of drug-likeness (QED) is 0.557. The van der Waals surface area contributed by atoms with Crippen molar-refractivity contribution < 1.29 is 14.7 Å². The topological polar surface area (TPSA) is 69.6 Å². The molecule has 2 rings (SSSR count). The lowest BCUT2D eigenvalue weighted by Crippen LogP contribution is -2.69. The van der Waals surface area contributed by atoms with Crippen LogP contribution in [0.15, 0.2) is 11.8 Å². The van der Waals surface area contributed by atoms with E-state index in [1.807, 2.05) is 0 Å². The Bertz CT molecular complexity index is 384. The minimum absolute atomic E-state index is 0.0461. The van der Waals surface area contributed by atoms with E-state index in [2.05, 4.69) is 12.2 Å². The number of rotatable bonds is 6. The van der Waals surface area contributed by atoms with Crippen LogP contribution in [0.5, 0.6) is 0 Å².